The second-order valence-corrected chi connectivity index (χ2v) is 8.23. The molecule has 1 aromatic heterocycles. The molecule has 2 heterocycles. The van der Waals surface area contributed by atoms with E-state index in [0.29, 0.717) is 36.2 Å². The predicted molar refractivity (Wildman–Crippen MR) is 127 cm³/mol. The molecule has 5 nitrogen and oxygen atoms in total. The predicted octanol–water partition coefficient (Wildman–Crippen LogP) is 4.53. The van der Waals surface area contributed by atoms with E-state index < -0.39 is 0 Å². The monoisotopic (exact) mass is 423 g/mol. The van der Waals surface area contributed by atoms with E-state index in [1.165, 1.54) is 0 Å². The fourth-order valence-electron chi connectivity index (χ4n) is 4.60. The van der Waals surface area contributed by atoms with Gasteiger partial charge < -0.3 is 4.90 Å². The van der Waals surface area contributed by atoms with Gasteiger partial charge in [-0.05, 0) is 35.7 Å². The molecule has 0 unspecified atom stereocenters. The summed E-state index contributed by atoms with van der Waals surface area (Å²) in [7, 11) is 0. The smallest absolute Gasteiger partial charge is 0.261 e. The van der Waals surface area contributed by atoms with Crippen LogP contribution in [0.2, 0.25) is 0 Å². The summed E-state index contributed by atoms with van der Waals surface area (Å²) >= 11 is 0. The first-order chi connectivity index (χ1) is 15.7. The molecule has 0 spiro atoms. The van der Waals surface area contributed by atoms with Gasteiger partial charge in [-0.15, -0.1) is 0 Å². The van der Waals surface area contributed by atoms with Crippen molar-refractivity contribution in [2.45, 2.75) is 32.2 Å². The number of nitrogens with zero attached hydrogens (tertiary/aromatic N) is 3. The minimum Gasteiger partial charge on any atom is -0.312 e. The van der Waals surface area contributed by atoms with Crippen LogP contribution in [-0.2, 0) is 17.8 Å². The number of anilines is 1. The maximum absolute atomic E-state index is 13.4. The van der Waals surface area contributed by atoms with Gasteiger partial charge in [0.1, 0.15) is 5.82 Å². The minimum absolute atomic E-state index is 0.0707. The first kappa shape index (κ1) is 20.2. The van der Waals surface area contributed by atoms with Gasteiger partial charge in [0, 0.05) is 18.7 Å². The summed E-state index contributed by atoms with van der Waals surface area (Å²) in [5.74, 6) is 0.388. The van der Waals surface area contributed by atoms with E-state index in [-0.39, 0.29) is 17.4 Å². The molecule has 0 bridgehead atoms. The van der Waals surface area contributed by atoms with Gasteiger partial charge in [-0.1, -0.05) is 67.6 Å². The second kappa shape index (κ2) is 8.42. The first-order valence-corrected chi connectivity index (χ1v) is 11.1. The minimum atomic E-state index is -0.340. The summed E-state index contributed by atoms with van der Waals surface area (Å²) in [5.41, 5.74) is 3.61. The number of fused-ring (bicyclic) bond motifs is 2. The van der Waals surface area contributed by atoms with E-state index in [2.05, 4.69) is 6.92 Å². The molecule has 32 heavy (non-hydrogen) atoms. The highest BCUT2D eigenvalue weighted by Gasteiger charge is 2.37. The Kier molecular flexibility index (Phi) is 5.31. The van der Waals surface area contributed by atoms with Crippen molar-refractivity contribution in [3.8, 4) is 0 Å². The van der Waals surface area contributed by atoms with Crippen molar-refractivity contribution in [1.82, 2.24) is 9.55 Å². The Labute approximate surface area is 187 Å². The van der Waals surface area contributed by atoms with Crippen molar-refractivity contribution in [2.24, 2.45) is 0 Å². The number of carbonyl (C=O) groups excluding carboxylic acids is 1. The lowest BCUT2D eigenvalue weighted by Gasteiger charge is -2.18. The number of amides is 1. The van der Waals surface area contributed by atoms with Gasteiger partial charge >= 0.3 is 0 Å². The lowest BCUT2D eigenvalue weighted by atomic mass is 9.96. The highest BCUT2D eigenvalue weighted by atomic mass is 16.2. The third-order valence-electron chi connectivity index (χ3n) is 6.13. The van der Waals surface area contributed by atoms with Crippen molar-refractivity contribution in [2.75, 3.05) is 11.4 Å². The van der Waals surface area contributed by atoms with Crippen LogP contribution in [-0.4, -0.2) is 22.0 Å². The zero-order valence-corrected chi connectivity index (χ0v) is 18.1. The van der Waals surface area contributed by atoms with Crippen LogP contribution in [0.25, 0.3) is 10.9 Å². The van der Waals surface area contributed by atoms with E-state index in [4.69, 9.17) is 4.98 Å². The number of hydrogen-bond acceptors (Lipinski definition) is 3. The molecule has 0 fully saturated rings. The van der Waals surface area contributed by atoms with Gasteiger partial charge in [0.05, 0.1) is 23.4 Å². The molecule has 0 aliphatic carbocycles. The molecule has 1 atom stereocenters. The van der Waals surface area contributed by atoms with Crippen LogP contribution in [0.5, 0.6) is 0 Å². The van der Waals surface area contributed by atoms with Gasteiger partial charge in [-0.2, -0.15) is 0 Å². The van der Waals surface area contributed by atoms with E-state index in [9.17, 15) is 9.59 Å². The summed E-state index contributed by atoms with van der Waals surface area (Å²) in [6, 6.07) is 25.3. The lowest BCUT2D eigenvalue weighted by molar-refractivity contribution is -0.119. The van der Waals surface area contributed by atoms with E-state index in [0.717, 1.165) is 23.2 Å². The lowest BCUT2D eigenvalue weighted by Crippen LogP contribution is -2.32. The van der Waals surface area contributed by atoms with Gasteiger partial charge in [0.15, 0.2) is 0 Å². The van der Waals surface area contributed by atoms with Gasteiger partial charge in [0.25, 0.3) is 5.56 Å². The van der Waals surface area contributed by atoms with Crippen molar-refractivity contribution in [1.29, 1.82) is 0 Å². The fraction of sp³-hybridized carbons (Fsp3) is 0.222. The largest absolute Gasteiger partial charge is 0.312 e. The molecule has 1 amide bonds. The van der Waals surface area contributed by atoms with Crippen molar-refractivity contribution >= 4 is 22.5 Å². The molecule has 1 aliphatic heterocycles. The van der Waals surface area contributed by atoms with Crippen LogP contribution in [0.15, 0.2) is 83.7 Å². The van der Waals surface area contributed by atoms with Crippen LogP contribution >= 0.6 is 0 Å². The normalized spacial score (nSPS) is 15.3. The van der Waals surface area contributed by atoms with E-state index in [1.807, 2.05) is 83.8 Å². The highest BCUT2D eigenvalue weighted by Crippen LogP contribution is 2.39. The third kappa shape index (κ3) is 3.50. The fourth-order valence-corrected chi connectivity index (χ4v) is 4.60. The maximum Gasteiger partial charge on any atom is 0.261 e. The number of para-hydroxylation sites is 2. The molecule has 0 saturated heterocycles. The Morgan fingerprint density at radius 3 is 2.41 bits per heavy atom. The summed E-state index contributed by atoms with van der Waals surface area (Å²) in [6.07, 6.45) is 1.28. The van der Waals surface area contributed by atoms with Crippen molar-refractivity contribution in [3.05, 3.63) is 106 Å². The standard InChI is InChI=1S/C27H25N3O2/c1-2-16-29-24-15-9-7-12-20(24)22(27(29)32)17-25-28-23-14-8-6-13-21(23)26(31)30(25)18-19-10-4-3-5-11-19/h3-15,22H,2,16-18H2,1H3/t22-/m0/s1. The summed E-state index contributed by atoms with van der Waals surface area (Å²) in [6.45, 7) is 3.19. The molecule has 0 saturated carbocycles. The molecular weight excluding hydrogens is 398 g/mol. The molecule has 160 valence electrons. The average Bonchev–Trinajstić information content (AvgIpc) is 3.08. The van der Waals surface area contributed by atoms with E-state index in [1.54, 1.807) is 4.57 Å². The number of benzene rings is 3. The molecule has 3 aromatic carbocycles. The van der Waals surface area contributed by atoms with Gasteiger partial charge in [-0.3, -0.25) is 14.2 Å². The topological polar surface area (TPSA) is 55.2 Å². The number of rotatable bonds is 6. The van der Waals surface area contributed by atoms with Crippen LogP contribution in [0, 0.1) is 0 Å². The Balaban J connectivity index is 1.62. The summed E-state index contributed by atoms with van der Waals surface area (Å²) in [5, 5.41) is 0.595. The molecule has 4 aromatic rings. The highest BCUT2D eigenvalue weighted by molar-refractivity contribution is 6.05. The third-order valence-corrected chi connectivity index (χ3v) is 6.13. The average molecular weight is 424 g/mol. The Hall–Kier alpha value is -3.73. The Morgan fingerprint density at radius 2 is 1.59 bits per heavy atom. The van der Waals surface area contributed by atoms with Crippen LogP contribution in [0.4, 0.5) is 5.69 Å². The van der Waals surface area contributed by atoms with E-state index >= 15 is 0 Å². The number of carbonyl (C=O) groups is 1. The molecule has 0 radical (unpaired) electrons. The van der Waals surface area contributed by atoms with Crippen molar-refractivity contribution < 1.29 is 4.79 Å². The van der Waals surface area contributed by atoms with Gasteiger partial charge in [-0.25, -0.2) is 4.98 Å². The maximum atomic E-state index is 13.4. The molecule has 1 aliphatic rings. The summed E-state index contributed by atoms with van der Waals surface area (Å²) in [4.78, 5) is 33.6. The second-order valence-electron chi connectivity index (χ2n) is 8.23. The van der Waals surface area contributed by atoms with Crippen LogP contribution in [0.1, 0.15) is 36.2 Å². The quantitative estimate of drug-likeness (QED) is 0.458. The first-order valence-electron chi connectivity index (χ1n) is 11.1. The summed E-state index contributed by atoms with van der Waals surface area (Å²) < 4.78 is 1.73. The Bertz CT molecular complexity index is 1340. The molecule has 0 N–H and O–H groups in total. The molecule has 5 heteroatoms. The van der Waals surface area contributed by atoms with Crippen LogP contribution in [0.3, 0.4) is 0 Å². The SMILES string of the molecule is CCCN1C(=O)[C@@H](Cc2nc3ccccc3c(=O)n2Cc2ccccc2)c2ccccc21. The van der Waals surface area contributed by atoms with Crippen molar-refractivity contribution in [3.63, 3.8) is 0 Å². The zero-order valence-electron chi connectivity index (χ0n) is 18.1. The van der Waals surface area contributed by atoms with Gasteiger partial charge in [0.2, 0.25) is 5.91 Å². The molecular formula is C27H25N3O2. The number of hydrogen-bond donors (Lipinski definition) is 0. The Morgan fingerprint density at radius 1 is 0.875 bits per heavy atom. The zero-order chi connectivity index (χ0) is 22.1. The van der Waals surface area contributed by atoms with Crippen LogP contribution < -0.4 is 10.5 Å². The molecule has 5 rings (SSSR count). The number of aromatic nitrogens is 2.